The van der Waals surface area contributed by atoms with E-state index in [4.69, 9.17) is 11.6 Å². The number of fused-ring (bicyclic) bond motifs is 1. The summed E-state index contributed by atoms with van der Waals surface area (Å²) in [6.07, 6.45) is 1.85. The third-order valence-corrected chi connectivity index (χ3v) is 5.03. The Morgan fingerprint density at radius 2 is 1.92 bits per heavy atom. The van der Waals surface area contributed by atoms with Gasteiger partial charge in [0.15, 0.2) is 10.9 Å². The van der Waals surface area contributed by atoms with E-state index < -0.39 is 0 Å². The molecule has 0 spiro atoms. The van der Waals surface area contributed by atoms with Crippen LogP contribution in [0, 0.1) is 6.92 Å². The first-order chi connectivity index (χ1) is 12.5. The Kier molecular flexibility index (Phi) is 4.22. The lowest BCUT2D eigenvalue weighted by atomic mass is 10.1. The van der Waals surface area contributed by atoms with Gasteiger partial charge in [0, 0.05) is 22.8 Å². The minimum absolute atomic E-state index is 0.0508. The zero-order valence-corrected chi connectivity index (χ0v) is 15.7. The van der Waals surface area contributed by atoms with Gasteiger partial charge in [-0.25, -0.2) is 9.97 Å². The highest BCUT2D eigenvalue weighted by molar-refractivity contribution is 7.14. The second-order valence-electron chi connectivity index (χ2n) is 5.92. The Morgan fingerprint density at radius 1 is 1.15 bits per heavy atom. The number of nitrogens with zero attached hydrogens (tertiary/aromatic N) is 3. The molecule has 1 N–H and O–H groups in total. The molecule has 0 saturated carbocycles. The van der Waals surface area contributed by atoms with Crippen LogP contribution in [-0.4, -0.2) is 20.2 Å². The normalized spacial score (nSPS) is 11.0. The SMILES string of the molecule is CC(=O)c1ccc(Nc2nc(-c3c(C)nc4ccc(Cl)cn34)cs2)cc1. The number of thiazole rings is 1. The second-order valence-corrected chi connectivity index (χ2v) is 7.21. The molecule has 0 aliphatic rings. The van der Waals surface area contributed by atoms with Crippen molar-refractivity contribution in [2.24, 2.45) is 0 Å². The Labute approximate surface area is 159 Å². The van der Waals surface area contributed by atoms with Crippen LogP contribution in [0.1, 0.15) is 23.0 Å². The predicted octanol–water partition coefficient (Wildman–Crippen LogP) is 5.37. The molecule has 7 heteroatoms. The van der Waals surface area contributed by atoms with Crippen LogP contribution in [0.5, 0.6) is 0 Å². The third-order valence-electron chi connectivity index (χ3n) is 4.05. The maximum Gasteiger partial charge on any atom is 0.187 e. The van der Waals surface area contributed by atoms with E-state index in [1.807, 2.05) is 47.2 Å². The second kappa shape index (κ2) is 6.55. The Hall–Kier alpha value is -2.70. The molecule has 4 aromatic rings. The lowest BCUT2D eigenvalue weighted by Gasteiger charge is -2.03. The van der Waals surface area contributed by atoms with Crippen molar-refractivity contribution in [3.8, 4) is 11.4 Å². The van der Waals surface area contributed by atoms with Crippen molar-refractivity contribution in [2.75, 3.05) is 5.32 Å². The summed E-state index contributed by atoms with van der Waals surface area (Å²) in [4.78, 5) is 20.6. The highest BCUT2D eigenvalue weighted by atomic mass is 35.5. The molecule has 130 valence electrons. The number of carbonyl (C=O) groups is 1. The molecule has 0 saturated heterocycles. The summed E-state index contributed by atoms with van der Waals surface area (Å²) in [6.45, 7) is 3.52. The van der Waals surface area contributed by atoms with Crippen molar-refractivity contribution in [3.63, 3.8) is 0 Å². The number of halogens is 1. The summed E-state index contributed by atoms with van der Waals surface area (Å²) >= 11 is 7.64. The van der Waals surface area contributed by atoms with Crippen LogP contribution in [0.4, 0.5) is 10.8 Å². The van der Waals surface area contributed by atoms with Gasteiger partial charge in [0.1, 0.15) is 11.3 Å². The fourth-order valence-corrected chi connectivity index (χ4v) is 3.67. The lowest BCUT2D eigenvalue weighted by molar-refractivity contribution is 0.101. The third kappa shape index (κ3) is 3.09. The molecule has 0 bridgehead atoms. The quantitative estimate of drug-likeness (QED) is 0.482. The van der Waals surface area contributed by atoms with Gasteiger partial charge < -0.3 is 5.32 Å². The summed E-state index contributed by atoms with van der Waals surface area (Å²) in [5.41, 5.74) is 5.07. The van der Waals surface area contributed by atoms with Crippen molar-refractivity contribution < 1.29 is 4.79 Å². The number of carbonyl (C=O) groups excluding carboxylic acids is 1. The summed E-state index contributed by atoms with van der Waals surface area (Å²) < 4.78 is 1.96. The molecule has 0 fully saturated rings. The van der Waals surface area contributed by atoms with Gasteiger partial charge in [0.2, 0.25) is 0 Å². The van der Waals surface area contributed by atoms with Crippen LogP contribution >= 0.6 is 22.9 Å². The van der Waals surface area contributed by atoms with E-state index >= 15 is 0 Å². The zero-order chi connectivity index (χ0) is 18.3. The molecule has 0 radical (unpaired) electrons. The van der Waals surface area contributed by atoms with Gasteiger partial charge in [-0.15, -0.1) is 11.3 Å². The van der Waals surface area contributed by atoms with Crippen molar-refractivity contribution in [2.45, 2.75) is 13.8 Å². The van der Waals surface area contributed by atoms with Crippen molar-refractivity contribution in [3.05, 3.63) is 64.3 Å². The molecule has 0 atom stereocenters. The highest BCUT2D eigenvalue weighted by Crippen LogP contribution is 2.30. The Morgan fingerprint density at radius 3 is 2.65 bits per heavy atom. The summed E-state index contributed by atoms with van der Waals surface area (Å²) in [5, 5.41) is 6.68. The van der Waals surface area contributed by atoms with Gasteiger partial charge in [0.25, 0.3) is 0 Å². The monoisotopic (exact) mass is 382 g/mol. The summed E-state index contributed by atoms with van der Waals surface area (Å²) in [5.74, 6) is 0.0508. The largest absolute Gasteiger partial charge is 0.332 e. The smallest absolute Gasteiger partial charge is 0.187 e. The van der Waals surface area contributed by atoms with Crippen molar-refractivity contribution in [1.82, 2.24) is 14.4 Å². The fraction of sp³-hybridized carbons (Fsp3) is 0.105. The van der Waals surface area contributed by atoms with Crippen LogP contribution in [0.15, 0.2) is 48.0 Å². The average Bonchev–Trinajstić information content (AvgIpc) is 3.18. The molecule has 0 aliphatic carbocycles. The summed E-state index contributed by atoms with van der Waals surface area (Å²) in [6, 6.07) is 11.1. The van der Waals surface area contributed by atoms with Crippen LogP contribution in [0.2, 0.25) is 5.02 Å². The van der Waals surface area contributed by atoms with Crippen LogP contribution < -0.4 is 5.32 Å². The molecule has 4 rings (SSSR count). The first kappa shape index (κ1) is 16.8. The Balaban J connectivity index is 1.65. The van der Waals surface area contributed by atoms with Gasteiger partial charge in [0.05, 0.1) is 16.4 Å². The lowest BCUT2D eigenvalue weighted by Crippen LogP contribution is -1.94. The number of hydrogen-bond acceptors (Lipinski definition) is 5. The number of nitrogens with one attached hydrogen (secondary N) is 1. The van der Waals surface area contributed by atoms with Crippen LogP contribution in [-0.2, 0) is 0 Å². The maximum absolute atomic E-state index is 11.4. The standard InChI is InChI=1S/C19H15ClN4OS/c1-11-18(24-9-14(20)5-8-17(24)21-11)16-10-26-19(23-16)22-15-6-3-13(4-7-15)12(2)25/h3-10H,1-2H3,(H,22,23). The molecule has 0 aliphatic heterocycles. The Bertz CT molecular complexity index is 1110. The van der Waals surface area contributed by atoms with Gasteiger partial charge >= 0.3 is 0 Å². The molecule has 26 heavy (non-hydrogen) atoms. The molecule has 0 amide bonds. The number of pyridine rings is 1. The topological polar surface area (TPSA) is 59.3 Å². The van der Waals surface area contributed by atoms with Crippen LogP contribution in [0.25, 0.3) is 17.0 Å². The van der Waals surface area contributed by atoms with E-state index in [-0.39, 0.29) is 5.78 Å². The van der Waals surface area contributed by atoms with Gasteiger partial charge in [-0.2, -0.15) is 0 Å². The molecule has 1 aromatic carbocycles. The first-order valence-corrected chi connectivity index (χ1v) is 9.25. The number of aromatic nitrogens is 3. The van der Waals surface area contributed by atoms with Gasteiger partial charge in [-0.1, -0.05) is 11.6 Å². The number of benzene rings is 1. The number of ketones is 1. The van der Waals surface area contributed by atoms with Crippen molar-refractivity contribution in [1.29, 1.82) is 0 Å². The molecular formula is C19H15ClN4OS. The molecule has 3 heterocycles. The van der Waals surface area contributed by atoms with E-state index in [1.165, 1.54) is 11.3 Å². The molecule has 0 unspecified atom stereocenters. The molecule has 3 aromatic heterocycles. The van der Waals surface area contributed by atoms with E-state index in [1.54, 1.807) is 19.1 Å². The number of anilines is 2. The number of hydrogen-bond donors (Lipinski definition) is 1. The maximum atomic E-state index is 11.4. The molecular weight excluding hydrogens is 368 g/mol. The van der Waals surface area contributed by atoms with E-state index in [9.17, 15) is 4.79 Å². The number of Topliss-reactive ketones (excluding diaryl/α,β-unsaturated/α-hetero) is 1. The molecule has 5 nitrogen and oxygen atoms in total. The number of aryl methyl sites for hydroxylation is 1. The van der Waals surface area contributed by atoms with Crippen LogP contribution in [0.3, 0.4) is 0 Å². The van der Waals surface area contributed by atoms with Gasteiger partial charge in [-0.05, 0) is 50.2 Å². The van der Waals surface area contributed by atoms with E-state index in [2.05, 4.69) is 15.3 Å². The number of rotatable bonds is 4. The fourth-order valence-electron chi connectivity index (χ4n) is 2.80. The van der Waals surface area contributed by atoms with E-state index in [0.29, 0.717) is 10.6 Å². The first-order valence-electron chi connectivity index (χ1n) is 7.99. The number of imidazole rings is 1. The predicted molar refractivity (Wildman–Crippen MR) is 106 cm³/mol. The zero-order valence-electron chi connectivity index (χ0n) is 14.2. The minimum Gasteiger partial charge on any atom is -0.332 e. The summed E-state index contributed by atoms with van der Waals surface area (Å²) in [7, 11) is 0. The average molecular weight is 383 g/mol. The van der Waals surface area contributed by atoms with Gasteiger partial charge in [-0.3, -0.25) is 9.20 Å². The minimum atomic E-state index is 0.0508. The van der Waals surface area contributed by atoms with E-state index in [0.717, 1.165) is 33.5 Å². The van der Waals surface area contributed by atoms with Crippen molar-refractivity contribution >= 4 is 45.2 Å². The highest BCUT2D eigenvalue weighted by Gasteiger charge is 2.14.